The molecule has 1 aliphatic rings. The van der Waals surface area contributed by atoms with E-state index in [1.807, 2.05) is 44.7 Å². The lowest BCUT2D eigenvalue weighted by Gasteiger charge is -2.37. The summed E-state index contributed by atoms with van der Waals surface area (Å²) < 4.78 is 6.15. The predicted molar refractivity (Wildman–Crippen MR) is 134 cm³/mol. The van der Waals surface area contributed by atoms with Gasteiger partial charge in [0.05, 0.1) is 6.04 Å². The van der Waals surface area contributed by atoms with E-state index < -0.39 is 0 Å². The second-order valence-corrected chi connectivity index (χ2v) is 10.9. The van der Waals surface area contributed by atoms with Crippen LogP contribution in [0.4, 0.5) is 4.79 Å². The molecule has 1 aliphatic heterocycles. The maximum absolute atomic E-state index is 13.4. The summed E-state index contributed by atoms with van der Waals surface area (Å²) in [4.78, 5) is 30.8. The van der Waals surface area contributed by atoms with Crippen LogP contribution in [0.1, 0.15) is 69.5 Å². The fourth-order valence-electron chi connectivity index (χ4n) is 3.98. The van der Waals surface area contributed by atoms with E-state index in [-0.39, 0.29) is 30.1 Å². The second-order valence-electron chi connectivity index (χ2n) is 9.88. The van der Waals surface area contributed by atoms with Crippen molar-refractivity contribution in [2.24, 2.45) is 0 Å². The van der Waals surface area contributed by atoms with Gasteiger partial charge in [-0.05, 0) is 74.7 Å². The molecule has 1 aromatic heterocycles. The van der Waals surface area contributed by atoms with Gasteiger partial charge in [0.15, 0.2) is 0 Å². The van der Waals surface area contributed by atoms with Crippen molar-refractivity contribution in [2.45, 2.75) is 65.5 Å². The summed E-state index contributed by atoms with van der Waals surface area (Å²) in [5.74, 6) is 1.21. The first-order chi connectivity index (χ1) is 15.6. The van der Waals surface area contributed by atoms with Crippen LogP contribution in [0.5, 0.6) is 5.75 Å². The average Bonchev–Trinajstić information content (AvgIpc) is 3.23. The molecule has 33 heavy (non-hydrogen) atoms. The fraction of sp³-hybridized carbons (Fsp3) is 0.538. The van der Waals surface area contributed by atoms with Crippen molar-refractivity contribution < 1.29 is 14.3 Å². The van der Waals surface area contributed by atoms with Crippen LogP contribution in [0.3, 0.4) is 0 Å². The zero-order valence-electron chi connectivity index (χ0n) is 20.7. The maximum Gasteiger partial charge on any atom is 0.318 e. The summed E-state index contributed by atoms with van der Waals surface area (Å²) in [7, 11) is 0. The standard InChI is InChI=1S/C26H37N3O3S/c1-7-28(25(31)27-26(4,5)6)16-24(30)29-14-12-23-21(13-15-33-23)22(29)17-32-20-10-8-19(9-11-20)18(2)3/h8-11,13,15,18,22H,7,12,14,16-17H2,1-6H3,(H,27,31)/t22-/m0/s1. The number of nitrogens with one attached hydrogen (secondary N) is 1. The van der Waals surface area contributed by atoms with Gasteiger partial charge < -0.3 is 19.9 Å². The van der Waals surface area contributed by atoms with Crippen molar-refractivity contribution in [1.82, 2.24) is 15.1 Å². The van der Waals surface area contributed by atoms with Crippen LogP contribution in [0, 0.1) is 0 Å². The normalized spacial score (nSPS) is 15.8. The molecule has 0 radical (unpaired) electrons. The van der Waals surface area contributed by atoms with Crippen molar-refractivity contribution in [3.05, 3.63) is 51.7 Å². The van der Waals surface area contributed by atoms with Gasteiger partial charge in [-0.15, -0.1) is 11.3 Å². The zero-order chi connectivity index (χ0) is 24.2. The van der Waals surface area contributed by atoms with E-state index in [2.05, 4.69) is 42.7 Å². The van der Waals surface area contributed by atoms with Crippen LogP contribution >= 0.6 is 11.3 Å². The molecule has 7 heteroatoms. The van der Waals surface area contributed by atoms with Crippen LogP contribution < -0.4 is 10.1 Å². The van der Waals surface area contributed by atoms with E-state index in [0.29, 0.717) is 25.6 Å². The third kappa shape index (κ3) is 6.50. The van der Waals surface area contributed by atoms with Crippen molar-refractivity contribution in [3.8, 4) is 5.75 Å². The summed E-state index contributed by atoms with van der Waals surface area (Å²) in [5, 5.41) is 5.03. The molecule has 2 aromatic rings. The number of carbonyl (C=O) groups is 2. The Kier molecular flexibility index (Phi) is 8.05. The molecule has 3 amide bonds. The number of likely N-dealkylation sites (N-methyl/N-ethyl adjacent to an activating group) is 1. The first kappa shape index (κ1) is 25.1. The van der Waals surface area contributed by atoms with Crippen molar-refractivity contribution in [3.63, 3.8) is 0 Å². The number of fused-ring (bicyclic) bond motifs is 1. The van der Waals surface area contributed by atoms with Gasteiger partial charge in [-0.3, -0.25) is 4.79 Å². The third-order valence-corrected chi connectivity index (χ3v) is 6.84. The smallest absolute Gasteiger partial charge is 0.318 e. The Morgan fingerprint density at radius 3 is 2.52 bits per heavy atom. The van der Waals surface area contributed by atoms with Gasteiger partial charge in [0.2, 0.25) is 5.91 Å². The minimum atomic E-state index is -0.355. The van der Waals surface area contributed by atoms with E-state index in [0.717, 1.165) is 17.7 Å². The highest BCUT2D eigenvalue weighted by molar-refractivity contribution is 7.10. The summed E-state index contributed by atoms with van der Waals surface area (Å²) in [6.45, 7) is 13.6. The van der Waals surface area contributed by atoms with Crippen molar-refractivity contribution >= 4 is 23.3 Å². The second kappa shape index (κ2) is 10.6. The van der Waals surface area contributed by atoms with Gasteiger partial charge in [0, 0.05) is 23.5 Å². The van der Waals surface area contributed by atoms with Crippen LogP contribution in [-0.2, 0) is 11.2 Å². The number of hydrogen-bond acceptors (Lipinski definition) is 4. The largest absolute Gasteiger partial charge is 0.491 e. The molecule has 3 rings (SSSR count). The highest BCUT2D eigenvalue weighted by Gasteiger charge is 2.33. The number of thiophene rings is 1. The molecule has 1 N–H and O–H groups in total. The van der Waals surface area contributed by atoms with Gasteiger partial charge in [-0.25, -0.2) is 4.79 Å². The molecule has 0 aliphatic carbocycles. The summed E-state index contributed by atoms with van der Waals surface area (Å²) in [6.07, 6.45) is 0.832. The number of ether oxygens (including phenoxy) is 1. The number of benzene rings is 1. The van der Waals surface area contributed by atoms with E-state index in [9.17, 15) is 9.59 Å². The molecule has 1 atom stereocenters. The predicted octanol–water partition coefficient (Wildman–Crippen LogP) is 5.21. The minimum Gasteiger partial charge on any atom is -0.491 e. The zero-order valence-corrected chi connectivity index (χ0v) is 21.5. The molecule has 0 spiro atoms. The SMILES string of the molecule is CCN(CC(=O)N1CCc2sccc2[C@@H]1COc1ccc(C(C)C)cc1)C(=O)NC(C)(C)C. The van der Waals surface area contributed by atoms with E-state index in [1.165, 1.54) is 10.4 Å². The van der Waals surface area contributed by atoms with Crippen LogP contribution in [-0.4, -0.2) is 53.5 Å². The minimum absolute atomic E-state index is 0.0530. The van der Waals surface area contributed by atoms with Crippen LogP contribution in [0.2, 0.25) is 0 Å². The number of hydrogen-bond donors (Lipinski definition) is 1. The molecule has 0 unspecified atom stereocenters. The van der Waals surface area contributed by atoms with E-state index >= 15 is 0 Å². The first-order valence-electron chi connectivity index (χ1n) is 11.7. The van der Waals surface area contributed by atoms with Gasteiger partial charge in [-0.2, -0.15) is 0 Å². The van der Waals surface area contributed by atoms with E-state index in [4.69, 9.17) is 4.74 Å². The highest BCUT2D eigenvalue weighted by atomic mass is 32.1. The molecule has 0 saturated heterocycles. The quantitative estimate of drug-likeness (QED) is 0.603. The monoisotopic (exact) mass is 471 g/mol. The Morgan fingerprint density at radius 1 is 1.21 bits per heavy atom. The topological polar surface area (TPSA) is 61.9 Å². The number of urea groups is 1. The lowest BCUT2D eigenvalue weighted by molar-refractivity contribution is -0.135. The first-order valence-corrected chi connectivity index (χ1v) is 12.6. The molecule has 0 bridgehead atoms. The van der Waals surface area contributed by atoms with Gasteiger partial charge in [0.1, 0.15) is 18.9 Å². The average molecular weight is 472 g/mol. The molecular weight excluding hydrogens is 434 g/mol. The van der Waals surface area contributed by atoms with E-state index in [1.54, 1.807) is 16.2 Å². The van der Waals surface area contributed by atoms with Crippen LogP contribution in [0.25, 0.3) is 0 Å². The van der Waals surface area contributed by atoms with Gasteiger partial charge >= 0.3 is 6.03 Å². The molecule has 180 valence electrons. The molecule has 2 heterocycles. The summed E-state index contributed by atoms with van der Waals surface area (Å²) in [5.41, 5.74) is 2.07. The lowest BCUT2D eigenvalue weighted by Crippen LogP contribution is -2.52. The Hall–Kier alpha value is -2.54. The lowest BCUT2D eigenvalue weighted by atomic mass is 10.00. The Bertz CT molecular complexity index is 946. The Labute approximate surface area is 201 Å². The number of amides is 3. The summed E-state index contributed by atoms with van der Waals surface area (Å²) in [6, 6.07) is 9.88. The molecule has 0 fully saturated rings. The molecule has 0 saturated carbocycles. The van der Waals surface area contributed by atoms with Crippen molar-refractivity contribution in [2.75, 3.05) is 26.2 Å². The number of rotatable bonds is 7. The van der Waals surface area contributed by atoms with Gasteiger partial charge in [-0.1, -0.05) is 26.0 Å². The van der Waals surface area contributed by atoms with Crippen LogP contribution in [0.15, 0.2) is 35.7 Å². The fourth-order valence-corrected chi connectivity index (χ4v) is 4.91. The molecular formula is C26H37N3O3S. The van der Waals surface area contributed by atoms with Gasteiger partial charge in [0.25, 0.3) is 0 Å². The third-order valence-electron chi connectivity index (χ3n) is 5.85. The number of carbonyl (C=O) groups excluding carboxylic acids is 2. The highest BCUT2D eigenvalue weighted by Crippen LogP contribution is 2.34. The van der Waals surface area contributed by atoms with Crippen molar-refractivity contribution in [1.29, 1.82) is 0 Å². The maximum atomic E-state index is 13.4. The number of nitrogens with zero attached hydrogens (tertiary/aromatic N) is 2. The Balaban J connectivity index is 1.72. The summed E-state index contributed by atoms with van der Waals surface area (Å²) >= 11 is 1.73. The Morgan fingerprint density at radius 2 is 1.91 bits per heavy atom. The molecule has 1 aromatic carbocycles. The molecule has 6 nitrogen and oxygen atoms in total.